The Kier molecular flexibility index (Phi) is 3.03. The van der Waals surface area contributed by atoms with Gasteiger partial charge in [-0.05, 0) is 18.2 Å². The van der Waals surface area contributed by atoms with Gasteiger partial charge in [0.15, 0.2) is 0 Å². The van der Waals surface area contributed by atoms with Crippen LogP contribution in [0.1, 0.15) is 18.1 Å². The lowest BCUT2D eigenvalue weighted by Gasteiger charge is -2.09. The number of phenols is 1. The summed E-state index contributed by atoms with van der Waals surface area (Å²) in [5.41, 5.74) is -0.118. The Hall–Kier alpha value is -1.62. The number of aromatic hydroxyl groups is 1. The molecule has 3 N–H and O–H groups in total. The first kappa shape index (κ1) is 10.5. The first-order valence-electron chi connectivity index (χ1n) is 3.89. The monoisotopic (exact) mass is 200 g/mol. The minimum absolute atomic E-state index is 0.118. The molecule has 1 atom stereocenters. The number of rotatable bonds is 3. The van der Waals surface area contributed by atoms with E-state index in [1.165, 1.54) is 0 Å². The predicted octanol–water partition coefficient (Wildman–Crippen LogP) is 1.04. The molecule has 4 nitrogen and oxygen atoms in total. The lowest BCUT2D eigenvalue weighted by molar-refractivity contribution is -0.139. The summed E-state index contributed by atoms with van der Waals surface area (Å²) in [5, 5.41) is 26.9. The molecular weight excluding hydrogens is 191 g/mol. The quantitative estimate of drug-likeness (QED) is 0.681. The molecule has 14 heavy (non-hydrogen) atoms. The Balaban J connectivity index is 2.93. The van der Waals surface area contributed by atoms with Crippen molar-refractivity contribution in [2.24, 2.45) is 0 Å². The van der Waals surface area contributed by atoms with Crippen LogP contribution in [0.5, 0.6) is 5.75 Å². The molecule has 0 aromatic heterocycles. The number of aliphatic carboxylic acids is 1. The molecule has 0 unspecified atom stereocenters. The van der Waals surface area contributed by atoms with Crippen LogP contribution >= 0.6 is 0 Å². The van der Waals surface area contributed by atoms with Crippen LogP contribution in [0.15, 0.2) is 18.2 Å². The summed E-state index contributed by atoms with van der Waals surface area (Å²) in [6.45, 7) is 0. The van der Waals surface area contributed by atoms with E-state index in [0.717, 1.165) is 18.2 Å². The average Bonchev–Trinajstić information content (AvgIpc) is 2.08. The van der Waals surface area contributed by atoms with E-state index in [1.807, 2.05) is 0 Å². The van der Waals surface area contributed by atoms with Crippen molar-refractivity contribution in [1.29, 1.82) is 0 Å². The number of phenolic OH excluding ortho intramolecular Hbond substituents is 1. The standard InChI is InChI=1S/C9H9FO4/c10-5-1-2-7(11)6(3-5)8(12)4-9(13)14/h1-3,8,11-12H,4H2,(H,13,14)/t8-/m0/s1. The molecule has 0 spiro atoms. The number of hydrogen-bond donors (Lipinski definition) is 3. The van der Waals surface area contributed by atoms with Crippen LogP contribution in [0.25, 0.3) is 0 Å². The van der Waals surface area contributed by atoms with E-state index < -0.39 is 24.3 Å². The molecule has 0 aliphatic heterocycles. The molecule has 0 heterocycles. The third kappa shape index (κ3) is 2.43. The van der Waals surface area contributed by atoms with E-state index in [0.29, 0.717) is 0 Å². The SMILES string of the molecule is O=C(O)C[C@H](O)c1cc(F)ccc1O. The lowest BCUT2D eigenvalue weighted by Crippen LogP contribution is -2.05. The zero-order valence-electron chi connectivity index (χ0n) is 7.14. The summed E-state index contributed by atoms with van der Waals surface area (Å²) in [6, 6.07) is 2.99. The maximum atomic E-state index is 12.7. The molecule has 0 amide bonds. The molecule has 0 bridgehead atoms. The highest BCUT2D eigenvalue weighted by Crippen LogP contribution is 2.26. The van der Waals surface area contributed by atoms with Gasteiger partial charge in [0.2, 0.25) is 0 Å². The van der Waals surface area contributed by atoms with Crippen molar-refractivity contribution in [2.45, 2.75) is 12.5 Å². The number of carboxylic acids is 1. The highest BCUT2D eigenvalue weighted by atomic mass is 19.1. The Bertz CT molecular complexity index is 351. The van der Waals surface area contributed by atoms with Crippen molar-refractivity contribution >= 4 is 5.97 Å². The molecule has 1 aromatic rings. The summed E-state index contributed by atoms with van der Waals surface area (Å²) in [6.07, 6.45) is -1.97. The zero-order chi connectivity index (χ0) is 10.7. The van der Waals surface area contributed by atoms with Crippen molar-refractivity contribution in [1.82, 2.24) is 0 Å². The third-order valence-corrected chi connectivity index (χ3v) is 1.72. The largest absolute Gasteiger partial charge is 0.508 e. The van der Waals surface area contributed by atoms with E-state index in [9.17, 15) is 19.4 Å². The topological polar surface area (TPSA) is 77.8 Å². The average molecular weight is 200 g/mol. The van der Waals surface area contributed by atoms with E-state index in [4.69, 9.17) is 5.11 Å². The molecular formula is C9H9FO4. The number of carboxylic acid groups (broad SMARTS) is 1. The minimum Gasteiger partial charge on any atom is -0.508 e. The van der Waals surface area contributed by atoms with Gasteiger partial charge in [0.05, 0.1) is 12.5 Å². The fraction of sp³-hybridized carbons (Fsp3) is 0.222. The molecule has 5 heteroatoms. The molecule has 1 rings (SSSR count). The number of aliphatic hydroxyl groups excluding tert-OH is 1. The highest BCUT2D eigenvalue weighted by Gasteiger charge is 2.16. The van der Waals surface area contributed by atoms with Gasteiger partial charge in [-0.15, -0.1) is 0 Å². The van der Waals surface area contributed by atoms with Gasteiger partial charge < -0.3 is 15.3 Å². The second-order valence-electron chi connectivity index (χ2n) is 2.82. The fourth-order valence-electron chi connectivity index (χ4n) is 1.07. The molecule has 76 valence electrons. The van der Waals surface area contributed by atoms with Gasteiger partial charge in [0, 0.05) is 5.56 Å². The number of halogens is 1. The van der Waals surface area contributed by atoms with Gasteiger partial charge in [-0.1, -0.05) is 0 Å². The molecule has 0 aliphatic rings. The molecule has 0 saturated heterocycles. The normalized spacial score (nSPS) is 12.4. The van der Waals surface area contributed by atoms with Crippen LogP contribution in [0.4, 0.5) is 4.39 Å². The van der Waals surface area contributed by atoms with Gasteiger partial charge in [-0.3, -0.25) is 4.79 Å². The number of carbonyl (C=O) groups is 1. The van der Waals surface area contributed by atoms with Crippen LogP contribution in [0.2, 0.25) is 0 Å². The van der Waals surface area contributed by atoms with Gasteiger partial charge in [0.25, 0.3) is 0 Å². The number of benzene rings is 1. The van der Waals surface area contributed by atoms with Gasteiger partial charge >= 0.3 is 5.97 Å². The van der Waals surface area contributed by atoms with Crippen LogP contribution in [0.3, 0.4) is 0 Å². The number of aliphatic hydroxyl groups is 1. The molecule has 0 aliphatic carbocycles. The van der Waals surface area contributed by atoms with Gasteiger partial charge in [-0.25, -0.2) is 4.39 Å². The van der Waals surface area contributed by atoms with Crippen molar-refractivity contribution < 1.29 is 24.5 Å². The van der Waals surface area contributed by atoms with Crippen molar-refractivity contribution in [3.8, 4) is 5.75 Å². The van der Waals surface area contributed by atoms with Crippen molar-refractivity contribution in [2.75, 3.05) is 0 Å². The van der Waals surface area contributed by atoms with Crippen LogP contribution < -0.4 is 0 Å². The van der Waals surface area contributed by atoms with Crippen molar-refractivity contribution in [3.63, 3.8) is 0 Å². The summed E-state index contributed by atoms with van der Waals surface area (Å²) in [4.78, 5) is 10.2. The first-order valence-corrected chi connectivity index (χ1v) is 3.89. The Morgan fingerprint density at radius 1 is 1.50 bits per heavy atom. The highest BCUT2D eigenvalue weighted by molar-refractivity contribution is 5.67. The second kappa shape index (κ2) is 4.06. The smallest absolute Gasteiger partial charge is 0.306 e. The summed E-state index contributed by atoms with van der Waals surface area (Å²) >= 11 is 0. The zero-order valence-corrected chi connectivity index (χ0v) is 7.14. The van der Waals surface area contributed by atoms with E-state index in [-0.39, 0.29) is 11.3 Å². The maximum absolute atomic E-state index is 12.7. The van der Waals surface area contributed by atoms with Gasteiger partial charge in [-0.2, -0.15) is 0 Å². The molecule has 0 fully saturated rings. The summed E-state index contributed by atoms with van der Waals surface area (Å²) in [5.74, 6) is -2.18. The van der Waals surface area contributed by atoms with Crippen LogP contribution in [0, 0.1) is 5.82 Å². The Morgan fingerprint density at radius 2 is 2.14 bits per heavy atom. The van der Waals surface area contributed by atoms with Crippen LogP contribution in [-0.2, 0) is 4.79 Å². The van der Waals surface area contributed by atoms with Crippen molar-refractivity contribution in [3.05, 3.63) is 29.6 Å². The maximum Gasteiger partial charge on any atom is 0.306 e. The minimum atomic E-state index is -1.40. The van der Waals surface area contributed by atoms with Crippen LogP contribution in [-0.4, -0.2) is 21.3 Å². The number of hydrogen-bond acceptors (Lipinski definition) is 3. The Morgan fingerprint density at radius 3 is 2.71 bits per heavy atom. The van der Waals surface area contributed by atoms with E-state index in [2.05, 4.69) is 0 Å². The molecule has 0 radical (unpaired) electrons. The first-order chi connectivity index (χ1) is 6.50. The third-order valence-electron chi connectivity index (χ3n) is 1.72. The van der Waals surface area contributed by atoms with E-state index in [1.54, 1.807) is 0 Å². The van der Waals surface area contributed by atoms with E-state index >= 15 is 0 Å². The summed E-state index contributed by atoms with van der Waals surface area (Å²) in [7, 11) is 0. The van der Waals surface area contributed by atoms with Gasteiger partial charge in [0.1, 0.15) is 11.6 Å². The molecule has 1 aromatic carbocycles. The Labute approximate surface area is 79.2 Å². The predicted molar refractivity (Wildman–Crippen MR) is 45.3 cm³/mol. The lowest BCUT2D eigenvalue weighted by atomic mass is 10.1. The molecule has 0 saturated carbocycles. The summed E-state index contributed by atoms with van der Waals surface area (Å²) < 4.78 is 12.7. The second-order valence-corrected chi connectivity index (χ2v) is 2.82. The fourth-order valence-corrected chi connectivity index (χ4v) is 1.07.